The van der Waals surface area contributed by atoms with Gasteiger partial charge in [-0.15, -0.1) is 8.78 Å². The average Bonchev–Trinajstić information content (AvgIpc) is 2.00. The van der Waals surface area contributed by atoms with Crippen molar-refractivity contribution in [3.63, 3.8) is 0 Å². The van der Waals surface area contributed by atoms with Gasteiger partial charge in [-0.05, 0) is 12.1 Å². The fourth-order valence-corrected chi connectivity index (χ4v) is 1.31. The van der Waals surface area contributed by atoms with E-state index in [9.17, 15) is 8.78 Å². The van der Waals surface area contributed by atoms with Crippen LogP contribution in [0.3, 0.4) is 0 Å². The Labute approximate surface area is 105 Å². The monoisotopic (exact) mass is 294 g/mol. The summed E-state index contributed by atoms with van der Waals surface area (Å²) in [6.07, 6.45) is 0. The van der Waals surface area contributed by atoms with Crippen LogP contribution in [0.15, 0.2) is 24.3 Å². The largest absolute Gasteiger partial charge is 0.487 e. The minimum atomic E-state index is -3.75. The number of rotatable bonds is 2. The van der Waals surface area contributed by atoms with E-state index in [0.717, 1.165) is 0 Å². The maximum absolute atomic E-state index is 12.2. The first-order valence-corrected chi connectivity index (χ1v) is 5.13. The zero-order chi connectivity index (χ0) is 11.7. The summed E-state index contributed by atoms with van der Waals surface area (Å²) in [7, 11) is 0. The fraction of sp³-hybridized carbons (Fsp3) is 0.250. The molecule has 0 aliphatic carbocycles. The van der Waals surface area contributed by atoms with Crippen molar-refractivity contribution in [1.82, 2.24) is 0 Å². The van der Waals surface area contributed by atoms with E-state index in [1.165, 1.54) is 24.3 Å². The normalized spacial score (nSPS) is 12.7. The Kier molecular flexibility index (Phi) is 3.93. The third kappa shape index (κ3) is 4.60. The first kappa shape index (κ1) is 13.1. The number of ether oxygens (including phenoxy) is 1. The van der Waals surface area contributed by atoms with Gasteiger partial charge < -0.3 is 4.74 Å². The van der Waals surface area contributed by atoms with E-state index in [2.05, 4.69) is 16.3 Å². The molecule has 1 nitrogen and oxygen atoms in total. The van der Waals surface area contributed by atoms with E-state index in [-0.39, 0.29) is 5.75 Å². The minimum Gasteiger partial charge on any atom is -0.420 e. The Balaban J connectivity index is 2.82. The molecule has 1 aromatic rings. The molecule has 0 unspecified atom stereocenters. The molecule has 0 saturated carbocycles. The summed E-state index contributed by atoms with van der Waals surface area (Å²) in [6.45, 7) is 0. The SMILES string of the molecule is FC(F)(Cl)Oc1ccc(C(Cl)(Cl)Cl)cc1. The van der Waals surface area contributed by atoms with Crippen LogP contribution >= 0.6 is 46.4 Å². The van der Waals surface area contributed by atoms with Crippen LogP contribution in [0, 0.1) is 0 Å². The predicted octanol–water partition coefficient (Wildman–Crippen LogP) is 4.68. The molecule has 1 aromatic carbocycles. The van der Waals surface area contributed by atoms with Crippen LogP contribution in [-0.2, 0) is 3.79 Å². The van der Waals surface area contributed by atoms with Gasteiger partial charge in [0.15, 0.2) is 0 Å². The maximum Gasteiger partial charge on any atom is 0.487 e. The number of alkyl halides is 6. The first-order chi connectivity index (χ1) is 6.68. The van der Waals surface area contributed by atoms with E-state index in [0.29, 0.717) is 5.56 Å². The minimum absolute atomic E-state index is 0.118. The molecule has 0 aliphatic rings. The van der Waals surface area contributed by atoms with Crippen molar-refractivity contribution in [1.29, 1.82) is 0 Å². The summed E-state index contributed by atoms with van der Waals surface area (Å²) in [5, 5.41) is 0. The molecule has 0 radical (unpaired) electrons. The molecule has 0 aromatic heterocycles. The van der Waals surface area contributed by atoms with Crippen molar-refractivity contribution in [3.05, 3.63) is 29.8 Å². The molecule has 1 rings (SSSR count). The third-order valence-electron chi connectivity index (χ3n) is 1.42. The van der Waals surface area contributed by atoms with Crippen molar-refractivity contribution in [2.75, 3.05) is 0 Å². The first-order valence-electron chi connectivity index (χ1n) is 3.61. The summed E-state index contributed by atoms with van der Waals surface area (Å²) in [6, 6.07) is 5.16. The van der Waals surface area contributed by atoms with Crippen molar-refractivity contribution >= 4 is 46.4 Å². The molecule has 84 valence electrons. The quantitative estimate of drug-likeness (QED) is 0.720. The highest BCUT2D eigenvalue weighted by molar-refractivity contribution is 6.66. The lowest BCUT2D eigenvalue weighted by Gasteiger charge is -2.13. The number of benzene rings is 1. The molecule has 0 saturated heterocycles. The van der Waals surface area contributed by atoms with Crippen LogP contribution in [0.5, 0.6) is 5.75 Å². The van der Waals surface area contributed by atoms with Crippen molar-refractivity contribution in [3.8, 4) is 5.75 Å². The molecule has 7 heteroatoms. The highest BCUT2D eigenvalue weighted by atomic mass is 35.6. The van der Waals surface area contributed by atoms with Crippen LogP contribution in [0.25, 0.3) is 0 Å². The Bertz CT molecular complexity index is 328. The van der Waals surface area contributed by atoms with Gasteiger partial charge in [0.05, 0.1) is 0 Å². The second-order valence-corrected chi connectivity index (χ2v) is 5.29. The second kappa shape index (κ2) is 4.50. The molecule has 0 aliphatic heterocycles. The lowest BCUT2D eigenvalue weighted by Crippen LogP contribution is -2.15. The maximum atomic E-state index is 12.2. The number of hydrogen-bond acceptors (Lipinski definition) is 1. The van der Waals surface area contributed by atoms with Gasteiger partial charge in [0.25, 0.3) is 0 Å². The van der Waals surface area contributed by atoms with Gasteiger partial charge in [0.1, 0.15) is 5.75 Å². The van der Waals surface area contributed by atoms with Gasteiger partial charge in [0, 0.05) is 17.2 Å². The highest BCUT2D eigenvalue weighted by Gasteiger charge is 2.28. The summed E-state index contributed by atoms with van der Waals surface area (Å²) in [5.41, 5.74) is -3.40. The average molecular weight is 296 g/mol. The number of halogens is 6. The lowest BCUT2D eigenvalue weighted by atomic mass is 10.2. The van der Waals surface area contributed by atoms with Gasteiger partial charge >= 0.3 is 5.57 Å². The Hall–Kier alpha value is 0.0400. The summed E-state index contributed by atoms with van der Waals surface area (Å²) >= 11 is 21.2. The molecule has 0 fully saturated rings. The van der Waals surface area contributed by atoms with Crippen molar-refractivity contribution < 1.29 is 13.5 Å². The molecule has 0 amide bonds. The van der Waals surface area contributed by atoms with Crippen molar-refractivity contribution in [2.45, 2.75) is 9.36 Å². The van der Waals surface area contributed by atoms with E-state index in [1.807, 2.05) is 0 Å². The van der Waals surface area contributed by atoms with E-state index in [1.54, 1.807) is 0 Å². The van der Waals surface area contributed by atoms with Crippen molar-refractivity contribution in [2.24, 2.45) is 0 Å². The Morgan fingerprint density at radius 1 is 0.933 bits per heavy atom. The summed E-state index contributed by atoms with van der Waals surface area (Å²) < 4.78 is 26.9. The van der Waals surface area contributed by atoms with Crippen LogP contribution in [0.1, 0.15) is 5.56 Å². The lowest BCUT2D eigenvalue weighted by molar-refractivity contribution is -0.0964. The Morgan fingerprint density at radius 3 is 1.73 bits per heavy atom. The molecule has 15 heavy (non-hydrogen) atoms. The van der Waals surface area contributed by atoms with Gasteiger partial charge in [-0.3, -0.25) is 0 Å². The van der Waals surface area contributed by atoms with E-state index in [4.69, 9.17) is 34.8 Å². The van der Waals surface area contributed by atoms with Gasteiger partial charge in [-0.25, -0.2) is 0 Å². The third-order valence-corrected chi connectivity index (χ3v) is 2.15. The van der Waals surface area contributed by atoms with Crippen LogP contribution in [-0.4, -0.2) is 5.57 Å². The smallest absolute Gasteiger partial charge is 0.420 e. The number of hydrogen-bond donors (Lipinski definition) is 0. The predicted molar refractivity (Wildman–Crippen MR) is 57.1 cm³/mol. The van der Waals surface area contributed by atoms with Crippen LogP contribution in [0.4, 0.5) is 8.78 Å². The van der Waals surface area contributed by atoms with Gasteiger partial charge in [-0.2, -0.15) is 0 Å². The summed E-state index contributed by atoms with van der Waals surface area (Å²) in [4.78, 5) is 0. The zero-order valence-corrected chi connectivity index (χ0v) is 10.0. The second-order valence-electron chi connectivity index (χ2n) is 2.57. The van der Waals surface area contributed by atoms with E-state index >= 15 is 0 Å². The molecule has 0 heterocycles. The Morgan fingerprint density at radius 2 is 1.40 bits per heavy atom. The topological polar surface area (TPSA) is 9.23 Å². The molecule has 0 bridgehead atoms. The molecule has 0 N–H and O–H groups in total. The van der Waals surface area contributed by atoms with Crippen LogP contribution < -0.4 is 4.74 Å². The standard InChI is InChI=1S/C8H4Cl4F2O/c9-7(10,11)5-1-3-6(4-2-5)15-8(12,13)14/h1-4H. The van der Waals surface area contributed by atoms with Crippen LogP contribution in [0.2, 0.25) is 0 Å². The molecule has 0 spiro atoms. The zero-order valence-electron chi connectivity index (χ0n) is 6.99. The molecular formula is C8H4Cl4F2O. The molecule has 0 atom stereocenters. The highest BCUT2D eigenvalue weighted by Crippen LogP contribution is 2.39. The summed E-state index contributed by atoms with van der Waals surface area (Å²) in [5.74, 6) is -0.118. The van der Waals surface area contributed by atoms with Gasteiger partial charge in [-0.1, -0.05) is 46.9 Å². The molecular weight excluding hydrogens is 292 g/mol. The van der Waals surface area contributed by atoms with E-state index < -0.39 is 9.36 Å². The fourth-order valence-electron chi connectivity index (χ4n) is 0.846. The van der Waals surface area contributed by atoms with Gasteiger partial charge in [0.2, 0.25) is 3.79 Å².